The van der Waals surface area contributed by atoms with Gasteiger partial charge in [-0.05, 0) is 59.7 Å². The average Bonchev–Trinajstić information content (AvgIpc) is 3.39. The van der Waals surface area contributed by atoms with Crippen molar-refractivity contribution in [3.63, 3.8) is 0 Å². The molecule has 36 heavy (non-hydrogen) atoms. The van der Waals surface area contributed by atoms with Gasteiger partial charge in [-0.3, -0.25) is 19.7 Å². The number of methoxy groups -OCH3 is 2. The van der Waals surface area contributed by atoms with Gasteiger partial charge in [-0.1, -0.05) is 24.3 Å². The van der Waals surface area contributed by atoms with E-state index in [2.05, 4.69) is 5.32 Å². The highest BCUT2D eigenvalue weighted by Gasteiger charge is 2.68. The molecule has 0 aromatic heterocycles. The van der Waals surface area contributed by atoms with Crippen molar-refractivity contribution in [2.75, 3.05) is 19.1 Å². The second kappa shape index (κ2) is 8.83. The van der Waals surface area contributed by atoms with Crippen LogP contribution in [0.15, 0.2) is 72.8 Å². The van der Waals surface area contributed by atoms with E-state index in [-0.39, 0.29) is 0 Å². The summed E-state index contributed by atoms with van der Waals surface area (Å²) < 4.78 is 37.9. The van der Waals surface area contributed by atoms with E-state index in [9.17, 15) is 23.2 Å². The van der Waals surface area contributed by atoms with Crippen molar-refractivity contribution in [2.45, 2.75) is 11.6 Å². The van der Waals surface area contributed by atoms with Gasteiger partial charge in [0.1, 0.15) is 23.4 Å². The fourth-order valence-corrected chi connectivity index (χ4v) is 5.34. The molecule has 2 aliphatic heterocycles. The van der Waals surface area contributed by atoms with Crippen molar-refractivity contribution in [3.8, 4) is 5.75 Å². The number of rotatable bonds is 5. The Morgan fingerprint density at radius 3 is 1.83 bits per heavy atom. The number of imide groups is 1. The second-order valence-electron chi connectivity index (χ2n) is 8.68. The Bertz CT molecular complexity index is 1280. The number of amides is 2. The molecule has 0 bridgehead atoms. The predicted octanol–water partition coefficient (Wildman–Crippen LogP) is 3.17. The first kappa shape index (κ1) is 23.6. The number of benzene rings is 3. The van der Waals surface area contributed by atoms with E-state index in [4.69, 9.17) is 9.47 Å². The third kappa shape index (κ3) is 3.46. The maximum absolute atomic E-state index is 14.0. The molecular formula is C27H22F2N2O5. The molecule has 3 atom stereocenters. The molecule has 3 aromatic rings. The van der Waals surface area contributed by atoms with Crippen molar-refractivity contribution in [1.29, 1.82) is 0 Å². The smallest absolute Gasteiger partial charge is 0.323 e. The first-order valence-corrected chi connectivity index (χ1v) is 11.2. The number of halogens is 2. The Morgan fingerprint density at radius 2 is 1.36 bits per heavy atom. The summed E-state index contributed by atoms with van der Waals surface area (Å²) in [5.41, 5.74) is -0.251. The number of carbonyl (C=O) groups is 3. The van der Waals surface area contributed by atoms with Gasteiger partial charge in [-0.25, -0.2) is 13.7 Å². The summed E-state index contributed by atoms with van der Waals surface area (Å²) in [6.07, 6.45) is 0. The van der Waals surface area contributed by atoms with Gasteiger partial charge in [-0.15, -0.1) is 0 Å². The van der Waals surface area contributed by atoms with E-state index >= 15 is 0 Å². The number of nitrogens with one attached hydrogen (secondary N) is 1. The molecule has 7 nitrogen and oxygen atoms in total. The van der Waals surface area contributed by atoms with Crippen molar-refractivity contribution >= 4 is 23.5 Å². The Hall–Kier alpha value is -4.11. The molecular weight excluding hydrogens is 470 g/mol. The molecule has 2 amide bonds. The number of ether oxygens (including phenoxy) is 2. The number of hydrogen-bond acceptors (Lipinski definition) is 6. The fraction of sp³-hybridized carbons (Fsp3) is 0.222. The average molecular weight is 492 g/mol. The van der Waals surface area contributed by atoms with Crippen LogP contribution in [-0.2, 0) is 24.7 Å². The molecule has 2 saturated heterocycles. The summed E-state index contributed by atoms with van der Waals surface area (Å²) in [5.74, 6) is -4.55. The van der Waals surface area contributed by atoms with Gasteiger partial charge < -0.3 is 9.47 Å². The minimum Gasteiger partial charge on any atom is -0.497 e. The summed E-state index contributed by atoms with van der Waals surface area (Å²) in [6, 6.07) is 16.0. The molecule has 5 rings (SSSR count). The van der Waals surface area contributed by atoms with Crippen LogP contribution >= 0.6 is 0 Å². The van der Waals surface area contributed by atoms with Gasteiger partial charge in [0.25, 0.3) is 0 Å². The highest BCUT2D eigenvalue weighted by atomic mass is 19.1. The molecule has 1 N–H and O–H groups in total. The third-order valence-electron chi connectivity index (χ3n) is 6.94. The van der Waals surface area contributed by atoms with Crippen LogP contribution in [0.25, 0.3) is 0 Å². The van der Waals surface area contributed by atoms with Crippen LogP contribution in [0.3, 0.4) is 0 Å². The van der Waals surface area contributed by atoms with Crippen LogP contribution in [0.2, 0.25) is 0 Å². The van der Waals surface area contributed by atoms with E-state index < -0.39 is 52.8 Å². The molecule has 0 radical (unpaired) electrons. The van der Waals surface area contributed by atoms with Gasteiger partial charge >= 0.3 is 5.97 Å². The lowest BCUT2D eigenvalue weighted by Crippen LogP contribution is -2.52. The summed E-state index contributed by atoms with van der Waals surface area (Å²) in [7, 11) is 2.69. The van der Waals surface area contributed by atoms with Gasteiger partial charge in [-0.2, -0.15) is 0 Å². The minimum atomic E-state index is -1.45. The second-order valence-corrected chi connectivity index (χ2v) is 8.68. The first-order valence-electron chi connectivity index (χ1n) is 11.2. The fourth-order valence-electron chi connectivity index (χ4n) is 5.34. The molecule has 184 valence electrons. The molecule has 2 heterocycles. The Labute approximate surface area is 205 Å². The number of anilines is 1. The molecule has 2 aliphatic rings. The number of hydrogen-bond donors (Lipinski definition) is 1. The van der Waals surface area contributed by atoms with Crippen molar-refractivity contribution in [3.05, 3.63) is 95.6 Å². The normalized spacial score (nSPS) is 22.4. The molecule has 3 aromatic carbocycles. The highest BCUT2D eigenvalue weighted by Crippen LogP contribution is 2.52. The summed E-state index contributed by atoms with van der Waals surface area (Å²) in [5, 5.41) is 3.17. The largest absolute Gasteiger partial charge is 0.497 e. The Balaban J connectivity index is 1.73. The van der Waals surface area contributed by atoms with Crippen LogP contribution in [0.4, 0.5) is 14.5 Å². The van der Waals surface area contributed by atoms with Gasteiger partial charge in [0.15, 0.2) is 0 Å². The SMILES string of the molecule is COC(=O)[C@H]1NC(c2ccc(F)cc2)(c2ccc(F)cc2)[C@H]2C(=O)N(c3ccc(OC)cc3)C(=O)[C@H]12. The Morgan fingerprint density at radius 1 is 0.833 bits per heavy atom. The molecule has 0 spiro atoms. The first-order chi connectivity index (χ1) is 17.3. The van der Waals surface area contributed by atoms with Crippen molar-refractivity contribution in [1.82, 2.24) is 5.32 Å². The molecule has 0 aliphatic carbocycles. The molecule has 9 heteroatoms. The number of esters is 1. The van der Waals surface area contributed by atoms with Crippen LogP contribution in [-0.4, -0.2) is 38.0 Å². The van der Waals surface area contributed by atoms with Crippen LogP contribution in [0.5, 0.6) is 5.75 Å². The monoisotopic (exact) mass is 492 g/mol. The number of carbonyl (C=O) groups excluding carboxylic acids is 3. The lowest BCUT2D eigenvalue weighted by Gasteiger charge is -2.36. The van der Waals surface area contributed by atoms with Crippen LogP contribution < -0.4 is 15.0 Å². The highest BCUT2D eigenvalue weighted by molar-refractivity contribution is 6.24. The lowest BCUT2D eigenvalue weighted by molar-refractivity contribution is -0.145. The van der Waals surface area contributed by atoms with Crippen LogP contribution in [0, 0.1) is 23.5 Å². The summed E-state index contributed by atoms with van der Waals surface area (Å²) >= 11 is 0. The zero-order valence-corrected chi connectivity index (χ0v) is 19.4. The van der Waals surface area contributed by atoms with E-state index in [1.165, 1.54) is 62.8 Å². The predicted molar refractivity (Wildman–Crippen MR) is 125 cm³/mol. The zero-order valence-electron chi connectivity index (χ0n) is 19.4. The minimum absolute atomic E-state index is 0.316. The maximum Gasteiger partial charge on any atom is 0.323 e. The lowest BCUT2D eigenvalue weighted by atomic mass is 9.71. The quantitative estimate of drug-likeness (QED) is 0.435. The number of nitrogens with zero attached hydrogens (tertiary/aromatic N) is 1. The van der Waals surface area contributed by atoms with Gasteiger partial charge in [0.05, 0.1) is 37.3 Å². The van der Waals surface area contributed by atoms with E-state index in [0.29, 0.717) is 22.6 Å². The topological polar surface area (TPSA) is 84.9 Å². The molecule has 0 unspecified atom stereocenters. The van der Waals surface area contributed by atoms with Crippen molar-refractivity contribution in [2.24, 2.45) is 11.8 Å². The van der Waals surface area contributed by atoms with Crippen molar-refractivity contribution < 1.29 is 32.6 Å². The van der Waals surface area contributed by atoms with Gasteiger partial charge in [0.2, 0.25) is 11.8 Å². The zero-order chi connectivity index (χ0) is 25.6. The van der Waals surface area contributed by atoms with E-state index in [1.807, 2.05) is 0 Å². The standard InChI is InChI=1S/C27H22F2N2O5/c1-35-20-13-11-19(12-14-20)31-24(32)21-22(25(31)33)27(30-23(21)26(34)36-2,15-3-7-17(28)8-4-15)16-5-9-18(29)10-6-16/h3-14,21-23,30H,1-2H3/t21-,22+,23-/m0/s1. The molecule has 2 fully saturated rings. The Kier molecular flexibility index (Phi) is 5.80. The molecule has 0 saturated carbocycles. The maximum atomic E-state index is 14.0. The third-order valence-corrected chi connectivity index (χ3v) is 6.94. The summed E-state index contributed by atoms with van der Waals surface area (Å²) in [6.45, 7) is 0. The van der Waals surface area contributed by atoms with E-state index in [0.717, 1.165) is 4.90 Å². The van der Waals surface area contributed by atoms with Gasteiger partial charge in [0, 0.05) is 0 Å². The van der Waals surface area contributed by atoms with Crippen LogP contribution in [0.1, 0.15) is 11.1 Å². The summed E-state index contributed by atoms with van der Waals surface area (Å²) in [4.78, 5) is 41.7. The van der Waals surface area contributed by atoms with E-state index in [1.54, 1.807) is 24.3 Å². The number of fused-ring (bicyclic) bond motifs is 1.